The van der Waals surface area contributed by atoms with E-state index in [-0.39, 0.29) is 0 Å². The topological polar surface area (TPSA) is 80.7 Å². The number of hydrogen-bond donors (Lipinski definition) is 1. The number of guanidine groups is 1. The van der Waals surface area contributed by atoms with Gasteiger partial charge in [-0.05, 0) is 49.7 Å². The minimum Gasteiger partial charge on any atom is -0.497 e. The first-order chi connectivity index (χ1) is 13.9. The van der Waals surface area contributed by atoms with Crippen LogP contribution < -0.4 is 10.1 Å². The van der Waals surface area contributed by atoms with Crippen molar-refractivity contribution in [3.05, 3.63) is 59.0 Å². The molecule has 0 aliphatic rings. The second-order valence-corrected chi connectivity index (χ2v) is 6.92. The fourth-order valence-corrected chi connectivity index (χ4v) is 3.40. The molecule has 3 rings (SSSR count). The molecule has 154 valence electrons. The van der Waals surface area contributed by atoms with Crippen LogP contribution in [0.2, 0.25) is 0 Å². The van der Waals surface area contributed by atoms with Gasteiger partial charge in [0.25, 0.3) is 0 Å². The van der Waals surface area contributed by atoms with Crippen LogP contribution in [0, 0.1) is 20.8 Å². The molecule has 0 aliphatic heterocycles. The van der Waals surface area contributed by atoms with Gasteiger partial charge in [0.05, 0.1) is 13.7 Å². The molecule has 8 heteroatoms. The van der Waals surface area contributed by atoms with E-state index in [4.69, 9.17) is 9.26 Å². The van der Waals surface area contributed by atoms with Gasteiger partial charge in [0.2, 0.25) is 5.89 Å². The summed E-state index contributed by atoms with van der Waals surface area (Å²) >= 11 is 0. The predicted molar refractivity (Wildman–Crippen MR) is 112 cm³/mol. The monoisotopic (exact) mass is 396 g/mol. The molecule has 0 radical (unpaired) electrons. The lowest BCUT2D eigenvalue weighted by Gasteiger charge is -2.21. The summed E-state index contributed by atoms with van der Waals surface area (Å²) in [6.45, 7) is 7.21. The second kappa shape index (κ2) is 8.81. The Labute approximate surface area is 171 Å². The molecule has 1 N–H and O–H groups in total. The second-order valence-electron chi connectivity index (χ2n) is 6.92. The first-order valence-electron chi connectivity index (χ1n) is 9.46. The average molecular weight is 396 g/mol. The Morgan fingerprint density at radius 2 is 1.97 bits per heavy atom. The summed E-state index contributed by atoms with van der Waals surface area (Å²) in [7, 11) is 5.45. The maximum Gasteiger partial charge on any atom is 0.223 e. The predicted octanol–water partition coefficient (Wildman–Crippen LogP) is 3.00. The molecule has 0 atom stereocenters. The maximum atomic E-state index is 5.27. The van der Waals surface area contributed by atoms with Crippen LogP contribution in [0.1, 0.15) is 28.7 Å². The van der Waals surface area contributed by atoms with Gasteiger partial charge in [-0.1, -0.05) is 5.16 Å². The molecule has 0 aliphatic carbocycles. The van der Waals surface area contributed by atoms with E-state index in [1.54, 1.807) is 21.1 Å². The van der Waals surface area contributed by atoms with Crippen molar-refractivity contribution in [2.45, 2.75) is 33.9 Å². The zero-order chi connectivity index (χ0) is 21.0. The Morgan fingerprint density at radius 3 is 2.55 bits per heavy atom. The van der Waals surface area contributed by atoms with Crippen molar-refractivity contribution >= 4 is 5.96 Å². The van der Waals surface area contributed by atoms with Gasteiger partial charge in [-0.3, -0.25) is 4.99 Å². The summed E-state index contributed by atoms with van der Waals surface area (Å²) in [5.41, 5.74) is 4.73. The first kappa shape index (κ1) is 20.4. The highest BCUT2D eigenvalue weighted by Crippen LogP contribution is 2.23. The number of methoxy groups -OCH3 is 1. The molecule has 0 amide bonds. The molecule has 0 unspecified atom stereocenters. The van der Waals surface area contributed by atoms with Gasteiger partial charge in [-0.15, -0.1) is 0 Å². The molecule has 0 spiro atoms. The molecule has 29 heavy (non-hydrogen) atoms. The van der Waals surface area contributed by atoms with Crippen LogP contribution in [0.25, 0.3) is 5.69 Å². The number of aryl methyl sites for hydroxylation is 2. The largest absolute Gasteiger partial charge is 0.497 e. The molecule has 2 aromatic heterocycles. The highest BCUT2D eigenvalue weighted by Gasteiger charge is 2.15. The standard InChI is InChI=1S/C21H28N6O2/c1-14-11-17(15(2)27(14)18-7-9-19(28-6)10-8-18)13-26(5)21(22-4)23-12-20-24-16(3)29-25-20/h7-11H,12-13H2,1-6H3,(H,22,23). The van der Waals surface area contributed by atoms with Crippen molar-refractivity contribution in [3.63, 3.8) is 0 Å². The van der Waals surface area contributed by atoms with E-state index in [0.717, 1.165) is 23.9 Å². The number of rotatable bonds is 6. The molecular weight excluding hydrogens is 368 g/mol. The van der Waals surface area contributed by atoms with Gasteiger partial charge in [-0.25, -0.2) is 0 Å². The highest BCUT2D eigenvalue weighted by atomic mass is 16.5. The first-order valence-corrected chi connectivity index (χ1v) is 9.46. The SMILES string of the molecule is CN=C(NCc1noc(C)n1)N(C)Cc1cc(C)n(-c2ccc(OC)cc2)c1C. The van der Waals surface area contributed by atoms with E-state index in [9.17, 15) is 0 Å². The molecule has 0 saturated carbocycles. The molecule has 0 bridgehead atoms. The molecule has 1 aromatic carbocycles. The summed E-state index contributed by atoms with van der Waals surface area (Å²) in [6.07, 6.45) is 0. The van der Waals surface area contributed by atoms with Crippen LogP contribution >= 0.6 is 0 Å². The molecule has 0 saturated heterocycles. The summed E-state index contributed by atoms with van der Waals surface area (Å²) in [5, 5.41) is 7.18. The normalized spacial score (nSPS) is 11.6. The van der Waals surface area contributed by atoms with Crippen LogP contribution in [0.5, 0.6) is 5.75 Å². The van der Waals surface area contributed by atoms with Gasteiger partial charge in [0.1, 0.15) is 5.75 Å². The van der Waals surface area contributed by atoms with Crippen LogP contribution in [-0.2, 0) is 13.1 Å². The Bertz CT molecular complexity index is 987. The molecular formula is C21H28N6O2. The maximum absolute atomic E-state index is 5.27. The van der Waals surface area contributed by atoms with Crippen molar-refractivity contribution in [2.24, 2.45) is 4.99 Å². The van der Waals surface area contributed by atoms with Gasteiger partial charge in [0.15, 0.2) is 11.8 Å². The zero-order valence-electron chi connectivity index (χ0n) is 17.9. The minimum absolute atomic E-state index is 0.458. The lowest BCUT2D eigenvalue weighted by atomic mass is 10.2. The third-order valence-electron chi connectivity index (χ3n) is 4.82. The van der Waals surface area contributed by atoms with E-state index in [2.05, 4.69) is 62.0 Å². The third-order valence-corrected chi connectivity index (χ3v) is 4.82. The number of benzene rings is 1. The number of nitrogens with one attached hydrogen (secondary N) is 1. The number of aliphatic imine (C=N–C) groups is 1. The zero-order valence-corrected chi connectivity index (χ0v) is 17.9. The van der Waals surface area contributed by atoms with Crippen molar-refractivity contribution in [3.8, 4) is 11.4 Å². The van der Waals surface area contributed by atoms with E-state index in [0.29, 0.717) is 18.3 Å². The van der Waals surface area contributed by atoms with E-state index in [1.807, 2.05) is 19.2 Å². The Balaban J connectivity index is 1.73. The Hall–Kier alpha value is -3.29. The lowest BCUT2D eigenvalue weighted by Crippen LogP contribution is -2.38. The van der Waals surface area contributed by atoms with Crippen LogP contribution in [0.15, 0.2) is 39.8 Å². The summed E-state index contributed by atoms with van der Waals surface area (Å²) in [6, 6.07) is 10.3. The van der Waals surface area contributed by atoms with Gasteiger partial charge >= 0.3 is 0 Å². The fraction of sp³-hybridized carbons (Fsp3) is 0.381. The van der Waals surface area contributed by atoms with Gasteiger partial charge in [0, 0.05) is 44.6 Å². The lowest BCUT2D eigenvalue weighted by molar-refractivity contribution is 0.386. The van der Waals surface area contributed by atoms with E-state index in [1.165, 1.54) is 17.0 Å². The molecule has 2 heterocycles. The van der Waals surface area contributed by atoms with Crippen LogP contribution in [0.4, 0.5) is 0 Å². The molecule has 8 nitrogen and oxygen atoms in total. The number of aromatic nitrogens is 3. The number of nitrogens with zero attached hydrogens (tertiary/aromatic N) is 5. The van der Waals surface area contributed by atoms with Crippen molar-refractivity contribution in [1.29, 1.82) is 0 Å². The third kappa shape index (κ3) is 4.59. The van der Waals surface area contributed by atoms with Gasteiger partial charge < -0.3 is 24.0 Å². The smallest absolute Gasteiger partial charge is 0.223 e. The Morgan fingerprint density at radius 1 is 1.24 bits per heavy atom. The highest BCUT2D eigenvalue weighted by molar-refractivity contribution is 5.79. The Kier molecular flexibility index (Phi) is 6.21. The minimum atomic E-state index is 0.458. The van der Waals surface area contributed by atoms with E-state index < -0.39 is 0 Å². The van der Waals surface area contributed by atoms with Crippen molar-refractivity contribution < 1.29 is 9.26 Å². The fourth-order valence-electron chi connectivity index (χ4n) is 3.40. The average Bonchev–Trinajstić information content (AvgIpc) is 3.25. The number of hydrogen-bond acceptors (Lipinski definition) is 5. The number of ether oxygens (including phenoxy) is 1. The van der Waals surface area contributed by atoms with Gasteiger partial charge in [-0.2, -0.15) is 4.98 Å². The molecule has 3 aromatic rings. The quantitative estimate of drug-likeness (QED) is 0.510. The summed E-state index contributed by atoms with van der Waals surface area (Å²) < 4.78 is 12.5. The summed E-state index contributed by atoms with van der Waals surface area (Å²) in [5.74, 6) is 2.77. The van der Waals surface area contributed by atoms with Crippen LogP contribution in [-0.4, -0.2) is 46.8 Å². The van der Waals surface area contributed by atoms with Crippen LogP contribution in [0.3, 0.4) is 0 Å². The van der Waals surface area contributed by atoms with Crippen molar-refractivity contribution in [2.75, 3.05) is 21.2 Å². The van der Waals surface area contributed by atoms with Crippen molar-refractivity contribution in [1.82, 2.24) is 24.9 Å². The molecule has 0 fully saturated rings. The summed E-state index contributed by atoms with van der Waals surface area (Å²) in [4.78, 5) is 10.7. The van der Waals surface area contributed by atoms with E-state index >= 15 is 0 Å².